The molecule has 1 atom stereocenters. The Kier molecular flexibility index (Phi) is 6.17. The smallest absolute Gasteiger partial charge is 0.259 e. The van der Waals surface area contributed by atoms with Crippen LogP contribution in [0.4, 0.5) is 0 Å². The molecule has 1 unspecified atom stereocenters. The molecule has 2 aromatic carbocycles. The molecule has 3 aliphatic carbocycles. The first-order valence-corrected chi connectivity index (χ1v) is 14.2. The lowest BCUT2D eigenvalue weighted by atomic mass is 9.61. The van der Waals surface area contributed by atoms with Gasteiger partial charge in [0.25, 0.3) is 5.91 Å². The molecule has 2 spiro atoms. The van der Waals surface area contributed by atoms with Gasteiger partial charge in [0.2, 0.25) is 0 Å². The van der Waals surface area contributed by atoms with E-state index in [1.165, 1.54) is 30.4 Å². The largest absolute Gasteiger partial charge is 0.381 e. The first kappa shape index (κ1) is 23.8. The van der Waals surface area contributed by atoms with Crippen LogP contribution in [0.2, 0.25) is 0 Å². The van der Waals surface area contributed by atoms with Crippen molar-refractivity contribution in [1.29, 1.82) is 5.26 Å². The number of nitrogens with zero attached hydrogens (tertiary/aromatic N) is 2. The first-order chi connectivity index (χ1) is 17.5. The molecule has 186 valence electrons. The Morgan fingerprint density at radius 3 is 2.72 bits per heavy atom. The summed E-state index contributed by atoms with van der Waals surface area (Å²) in [7, 11) is 1.80. The highest BCUT2D eigenvalue weighted by Crippen LogP contribution is 2.61. The number of benzene rings is 2. The predicted octanol–water partition coefficient (Wildman–Crippen LogP) is 5.65. The number of carbonyl (C=O) groups excluding carboxylic acids is 1. The molecule has 4 aliphatic rings. The van der Waals surface area contributed by atoms with E-state index in [1.807, 2.05) is 24.3 Å². The van der Waals surface area contributed by atoms with Gasteiger partial charge in [-0.2, -0.15) is 5.26 Å². The second-order valence-corrected chi connectivity index (χ2v) is 12.0. The zero-order valence-electron chi connectivity index (χ0n) is 20.9. The highest BCUT2D eigenvalue weighted by molar-refractivity contribution is 8.13. The number of thioether (sulfide) groups is 1. The van der Waals surface area contributed by atoms with Crippen LogP contribution in [0.25, 0.3) is 0 Å². The quantitative estimate of drug-likeness (QED) is 0.558. The van der Waals surface area contributed by atoms with Crippen LogP contribution in [0.15, 0.2) is 47.5 Å². The summed E-state index contributed by atoms with van der Waals surface area (Å²) < 4.78 is 5.69. The number of fused-ring (bicyclic) bond motifs is 3. The van der Waals surface area contributed by atoms with Crippen molar-refractivity contribution in [2.75, 3.05) is 7.11 Å². The molecule has 0 aromatic heterocycles. The minimum absolute atomic E-state index is 0.0322. The number of ether oxygens (including phenoxy) is 1. The van der Waals surface area contributed by atoms with Gasteiger partial charge in [0.05, 0.1) is 17.7 Å². The second-order valence-electron chi connectivity index (χ2n) is 11.0. The first-order valence-electron chi connectivity index (χ1n) is 13.2. The van der Waals surface area contributed by atoms with Crippen molar-refractivity contribution in [3.63, 3.8) is 0 Å². The van der Waals surface area contributed by atoms with Gasteiger partial charge in [-0.25, -0.2) is 4.99 Å². The minimum atomic E-state index is -0.854. The molecular weight excluding hydrogens is 466 g/mol. The summed E-state index contributed by atoms with van der Waals surface area (Å²) in [6, 6.07) is 16.7. The van der Waals surface area contributed by atoms with Crippen molar-refractivity contribution in [2.45, 2.75) is 75.2 Å². The minimum Gasteiger partial charge on any atom is -0.381 e. The lowest BCUT2D eigenvalue weighted by Crippen LogP contribution is -2.50. The van der Waals surface area contributed by atoms with E-state index in [2.05, 4.69) is 29.6 Å². The molecule has 1 amide bonds. The normalized spacial score (nSPS) is 28.7. The second kappa shape index (κ2) is 9.36. The highest BCUT2D eigenvalue weighted by atomic mass is 32.2. The van der Waals surface area contributed by atoms with E-state index in [1.54, 1.807) is 18.9 Å². The fourth-order valence-corrected chi connectivity index (χ4v) is 7.50. The molecule has 0 saturated heterocycles. The van der Waals surface area contributed by atoms with E-state index in [0.29, 0.717) is 16.5 Å². The van der Waals surface area contributed by atoms with Crippen molar-refractivity contribution in [2.24, 2.45) is 16.3 Å². The molecule has 0 radical (unpaired) electrons. The van der Waals surface area contributed by atoms with Crippen LogP contribution in [-0.4, -0.2) is 24.3 Å². The van der Waals surface area contributed by atoms with E-state index < -0.39 is 5.54 Å². The number of amidine groups is 1. The summed E-state index contributed by atoms with van der Waals surface area (Å²) in [6.45, 7) is 0. The van der Waals surface area contributed by atoms with Gasteiger partial charge in [-0.05, 0) is 85.3 Å². The molecular formula is C30H33N3O2S. The zero-order chi connectivity index (χ0) is 24.8. The molecule has 0 bridgehead atoms. The van der Waals surface area contributed by atoms with Crippen molar-refractivity contribution in [3.8, 4) is 6.07 Å². The van der Waals surface area contributed by atoms with Crippen LogP contribution >= 0.6 is 11.8 Å². The number of carbonyl (C=O) groups is 1. The van der Waals surface area contributed by atoms with E-state index in [4.69, 9.17) is 9.73 Å². The third kappa shape index (κ3) is 4.07. The molecule has 6 heteroatoms. The fraction of sp³-hybridized carbons (Fsp3) is 0.500. The average Bonchev–Trinajstić information content (AvgIpc) is 3.63. The molecule has 2 saturated carbocycles. The molecule has 1 N–H and O–H groups in total. The third-order valence-corrected chi connectivity index (χ3v) is 9.82. The van der Waals surface area contributed by atoms with Gasteiger partial charge in [-0.3, -0.25) is 4.79 Å². The summed E-state index contributed by atoms with van der Waals surface area (Å²) in [5.74, 6) is 1.58. The van der Waals surface area contributed by atoms with E-state index in [0.717, 1.165) is 55.6 Å². The number of hydrogen-bond acceptors (Lipinski definition) is 5. The van der Waals surface area contributed by atoms with Crippen LogP contribution in [0.1, 0.15) is 72.8 Å². The number of rotatable bonds is 6. The Morgan fingerprint density at radius 1 is 1.14 bits per heavy atom. The van der Waals surface area contributed by atoms with Gasteiger partial charge in [0.15, 0.2) is 10.7 Å². The maximum Gasteiger partial charge on any atom is 0.259 e. The summed E-state index contributed by atoms with van der Waals surface area (Å²) in [5.41, 5.74) is 4.40. The summed E-state index contributed by atoms with van der Waals surface area (Å²) in [4.78, 5) is 19.3. The summed E-state index contributed by atoms with van der Waals surface area (Å²) in [6.07, 6.45) is 10.0. The molecule has 6 rings (SSSR count). The number of methoxy groups -OCH3 is 1. The monoisotopic (exact) mass is 499 g/mol. The number of aryl methyl sites for hydroxylation is 1. The Hall–Kier alpha value is -2.62. The van der Waals surface area contributed by atoms with Gasteiger partial charge < -0.3 is 10.1 Å². The Bertz CT molecular complexity index is 1250. The molecule has 36 heavy (non-hydrogen) atoms. The fourth-order valence-electron chi connectivity index (χ4n) is 6.66. The average molecular weight is 500 g/mol. The van der Waals surface area contributed by atoms with Gasteiger partial charge in [-0.15, -0.1) is 0 Å². The van der Waals surface area contributed by atoms with Gasteiger partial charge in [0, 0.05) is 18.3 Å². The SMILES string of the molecule is COC1CCC2(CC1)Cc1ccc(CCC3CC3)cc1C21N=C(SCc2cccc(C#N)c2)NC1=O. The van der Waals surface area contributed by atoms with E-state index in [9.17, 15) is 10.1 Å². The zero-order valence-corrected chi connectivity index (χ0v) is 21.7. The van der Waals surface area contributed by atoms with Crippen LogP contribution in [0.5, 0.6) is 0 Å². The van der Waals surface area contributed by atoms with Crippen molar-refractivity contribution >= 4 is 22.8 Å². The predicted molar refractivity (Wildman–Crippen MR) is 143 cm³/mol. The molecule has 2 fully saturated rings. The number of aliphatic imine (C=N–C) groups is 1. The van der Waals surface area contributed by atoms with Gasteiger partial charge >= 0.3 is 0 Å². The Balaban J connectivity index is 1.34. The van der Waals surface area contributed by atoms with Crippen LogP contribution in [-0.2, 0) is 33.7 Å². The summed E-state index contributed by atoms with van der Waals surface area (Å²) in [5, 5.41) is 13.1. The van der Waals surface area contributed by atoms with E-state index in [-0.39, 0.29) is 17.4 Å². The highest BCUT2D eigenvalue weighted by Gasteiger charge is 2.65. The van der Waals surface area contributed by atoms with Gasteiger partial charge in [0.1, 0.15) is 0 Å². The third-order valence-electron chi connectivity index (χ3n) is 8.87. The van der Waals surface area contributed by atoms with Crippen LogP contribution in [0.3, 0.4) is 0 Å². The maximum atomic E-state index is 14.0. The number of nitrogens with one attached hydrogen (secondary N) is 1. The molecule has 2 aromatic rings. The van der Waals surface area contributed by atoms with Crippen molar-refractivity contribution < 1.29 is 9.53 Å². The lowest BCUT2D eigenvalue weighted by Gasteiger charge is -2.44. The molecule has 5 nitrogen and oxygen atoms in total. The number of amides is 1. The number of nitriles is 1. The Morgan fingerprint density at radius 2 is 1.97 bits per heavy atom. The van der Waals surface area contributed by atoms with Crippen molar-refractivity contribution in [1.82, 2.24) is 5.32 Å². The molecule has 1 heterocycles. The van der Waals surface area contributed by atoms with Crippen LogP contribution < -0.4 is 5.32 Å². The van der Waals surface area contributed by atoms with E-state index >= 15 is 0 Å². The molecule has 1 aliphatic heterocycles. The topological polar surface area (TPSA) is 74.5 Å². The lowest BCUT2D eigenvalue weighted by molar-refractivity contribution is -0.130. The maximum absolute atomic E-state index is 14.0. The van der Waals surface area contributed by atoms with Crippen molar-refractivity contribution in [3.05, 3.63) is 70.3 Å². The number of hydrogen-bond donors (Lipinski definition) is 1. The Labute approximate surface area is 217 Å². The summed E-state index contributed by atoms with van der Waals surface area (Å²) >= 11 is 1.56. The standard InChI is InChI=1S/C30H33N3O2S/c1-35-25-11-13-29(14-12-25)17-24-10-9-21(8-7-20-5-6-20)16-26(24)30(29)27(34)32-28(33-30)36-19-23-4-2-3-22(15-23)18-31/h2-4,9-10,15-16,20,25H,5-8,11-14,17,19H2,1H3,(H,32,33,34). The van der Waals surface area contributed by atoms with Gasteiger partial charge in [-0.1, -0.05) is 54.9 Å². The van der Waals surface area contributed by atoms with Crippen LogP contribution in [0, 0.1) is 22.7 Å².